The third-order valence-corrected chi connectivity index (χ3v) is 4.23. The van der Waals surface area contributed by atoms with Gasteiger partial charge in [0.1, 0.15) is 11.5 Å². The number of hydrogen-bond donors (Lipinski definition) is 0. The van der Waals surface area contributed by atoms with Crippen molar-refractivity contribution in [3.63, 3.8) is 0 Å². The van der Waals surface area contributed by atoms with E-state index in [9.17, 15) is 4.79 Å². The van der Waals surface area contributed by atoms with Gasteiger partial charge in [0, 0.05) is 50.2 Å². The molecule has 1 amide bonds. The standard InChI is InChI=1S/C18H17N5O2/c24-18(16-12-15(21-25-16)14-4-2-1-3-5-14)23-10-8-22(9-11-23)17-13-19-6-7-20-17/h1-7,12-13H,8-11H2. The second-order valence-corrected chi connectivity index (χ2v) is 5.79. The Hall–Kier alpha value is -3.22. The van der Waals surface area contributed by atoms with E-state index in [1.165, 1.54) is 0 Å². The first-order valence-electron chi connectivity index (χ1n) is 8.13. The van der Waals surface area contributed by atoms with E-state index >= 15 is 0 Å². The fraction of sp³-hybridized carbons (Fsp3) is 0.222. The van der Waals surface area contributed by atoms with Crippen molar-refractivity contribution in [3.05, 3.63) is 60.7 Å². The topological polar surface area (TPSA) is 75.4 Å². The van der Waals surface area contributed by atoms with E-state index in [1.807, 2.05) is 30.3 Å². The molecule has 0 unspecified atom stereocenters. The van der Waals surface area contributed by atoms with Crippen molar-refractivity contribution >= 4 is 11.7 Å². The van der Waals surface area contributed by atoms with E-state index in [2.05, 4.69) is 20.0 Å². The monoisotopic (exact) mass is 335 g/mol. The molecule has 7 heteroatoms. The summed E-state index contributed by atoms with van der Waals surface area (Å²) in [6, 6.07) is 11.4. The zero-order valence-electron chi connectivity index (χ0n) is 13.6. The molecule has 1 saturated heterocycles. The van der Waals surface area contributed by atoms with Crippen molar-refractivity contribution in [2.75, 3.05) is 31.1 Å². The van der Waals surface area contributed by atoms with Gasteiger partial charge in [-0.1, -0.05) is 35.5 Å². The normalized spacial score (nSPS) is 14.6. The molecule has 0 bridgehead atoms. The van der Waals surface area contributed by atoms with Crippen LogP contribution in [0, 0.1) is 0 Å². The summed E-state index contributed by atoms with van der Waals surface area (Å²) in [4.78, 5) is 24.9. The fourth-order valence-corrected chi connectivity index (χ4v) is 2.87. The third kappa shape index (κ3) is 3.21. The maximum Gasteiger partial charge on any atom is 0.292 e. The molecule has 1 aliphatic rings. The molecule has 7 nitrogen and oxygen atoms in total. The highest BCUT2D eigenvalue weighted by molar-refractivity contribution is 5.92. The van der Waals surface area contributed by atoms with E-state index in [0.717, 1.165) is 11.4 Å². The number of amides is 1. The van der Waals surface area contributed by atoms with Gasteiger partial charge < -0.3 is 14.3 Å². The number of piperazine rings is 1. The van der Waals surface area contributed by atoms with Gasteiger partial charge in [0.05, 0.1) is 6.20 Å². The molecule has 25 heavy (non-hydrogen) atoms. The summed E-state index contributed by atoms with van der Waals surface area (Å²) in [7, 11) is 0. The molecule has 0 radical (unpaired) electrons. The molecule has 0 saturated carbocycles. The van der Waals surface area contributed by atoms with Crippen molar-refractivity contribution in [3.8, 4) is 11.3 Å². The van der Waals surface area contributed by atoms with Gasteiger partial charge >= 0.3 is 0 Å². The number of nitrogens with zero attached hydrogens (tertiary/aromatic N) is 5. The predicted molar refractivity (Wildman–Crippen MR) is 92.1 cm³/mol. The van der Waals surface area contributed by atoms with Crippen LogP contribution in [0.25, 0.3) is 11.3 Å². The lowest BCUT2D eigenvalue weighted by atomic mass is 10.1. The Morgan fingerprint density at radius 3 is 2.56 bits per heavy atom. The Bertz CT molecular complexity index is 842. The Morgan fingerprint density at radius 2 is 1.84 bits per heavy atom. The number of anilines is 1. The van der Waals surface area contributed by atoms with Crippen LogP contribution in [0.2, 0.25) is 0 Å². The first kappa shape index (κ1) is 15.3. The lowest BCUT2D eigenvalue weighted by molar-refractivity contribution is 0.0704. The summed E-state index contributed by atoms with van der Waals surface area (Å²) in [6.07, 6.45) is 5.06. The SMILES string of the molecule is O=C(c1cc(-c2ccccc2)no1)N1CCN(c2cnccn2)CC1. The lowest BCUT2D eigenvalue weighted by Gasteiger charge is -2.34. The van der Waals surface area contributed by atoms with Gasteiger partial charge in [-0.25, -0.2) is 4.98 Å². The van der Waals surface area contributed by atoms with Crippen LogP contribution in [0.5, 0.6) is 0 Å². The van der Waals surface area contributed by atoms with Crippen LogP contribution >= 0.6 is 0 Å². The second kappa shape index (κ2) is 6.72. The quantitative estimate of drug-likeness (QED) is 0.729. The van der Waals surface area contributed by atoms with Crippen molar-refractivity contribution < 1.29 is 9.32 Å². The first-order chi connectivity index (χ1) is 12.3. The van der Waals surface area contributed by atoms with Crippen LogP contribution in [0.4, 0.5) is 5.82 Å². The highest BCUT2D eigenvalue weighted by Crippen LogP contribution is 2.20. The summed E-state index contributed by atoms with van der Waals surface area (Å²) >= 11 is 0. The van der Waals surface area contributed by atoms with Gasteiger partial charge in [-0.05, 0) is 0 Å². The molecule has 0 spiro atoms. The van der Waals surface area contributed by atoms with Crippen molar-refractivity contribution in [2.45, 2.75) is 0 Å². The summed E-state index contributed by atoms with van der Waals surface area (Å²) in [6.45, 7) is 2.64. The van der Waals surface area contributed by atoms with Crippen molar-refractivity contribution in [2.24, 2.45) is 0 Å². The van der Waals surface area contributed by atoms with E-state index in [0.29, 0.717) is 31.9 Å². The molecule has 3 aromatic rings. The minimum absolute atomic E-state index is 0.131. The highest BCUT2D eigenvalue weighted by atomic mass is 16.5. The highest BCUT2D eigenvalue weighted by Gasteiger charge is 2.25. The van der Waals surface area contributed by atoms with Gasteiger partial charge in [0.25, 0.3) is 5.91 Å². The Labute approximate surface area is 144 Å². The number of aromatic nitrogens is 3. The molecule has 0 N–H and O–H groups in total. The summed E-state index contributed by atoms with van der Waals surface area (Å²) in [5.74, 6) is 0.973. The van der Waals surface area contributed by atoms with Crippen LogP contribution in [0.1, 0.15) is 10.6 Å². The minimum Gasteiger partial charge on any atom is -0.352 e. The van der Waals surface area contributed by atoms with Crippen LogP contribution < -0.4 is 4.90 Å². The minimum atomic E-state index is -0.131. The zero-order valence-corrected chi connectivity index (χ0v) is 13.6. The number of benzene rings is 1. The van der Waals surface area contributed by atoms with Gasteiger partial charge in [-0.2, -0.15) is 0 Å². The maximum atomic E-state index is 12.6. The van der Waals surface area contributed by atoms with Gasteiger partial charge in [0.2, 0.25) is 5.76 Å². The van der Waals surface area contributed by atoms with E-state index in [-0.39, 0.29) is 11.7 Å². The van der Waals surface area contributed by atoms with E-state index in [1.54, 1.807) is 29.6 Å². The molecular weight excluding hydrogens is 318 g/mol. The molecule has 126 valence electrons. The second-order valence-electron chi connectivity index (χ2n) is 5.79. The average molecular weight is 335 g/mol. The van der Waals surface area contributed by atoms with Crippen LogP contribution in [0.15, 0.2) is 59.5 Å². The summed E-state index contributed by atoms with van der Waals surface area (Å²) in [5.41, 5.74) is 1.60. The Kier molecular flexibility index (Phi) is 4.12. The maximum absolute atomic E-state index is 12.6. The summed E-state index contributed by atoms with van der Waals surface area (Å²) in [5, 5.41) is 4.01. The van der Waals surface area contributed by atoms with Crippen LogP contribution in [-0.4, -0.2) is 52.1 Å². The molecule has 1 aliphatic heterocycles. The molecule has 0 atom stereocenters. The number of rotatable bonds is 3. The smallest absolute Gasteiger partial charge is 0.292 e. The van der Waals surface area contributed by atoms with Crippen LogP contribution in [0.3, 0.4) is 0 Å². The van der Waals surface area contributed by atoms with Crippen molar-refractivity contribution in [1.29, 1.82) is 0 Å². The largest absolute Gasteiger partial charge is 0.352 e. The van der Waals surface area contributed by atoms with Gasteiger partial charge in [-0.3, -0.25) is 9.78 Å². The number of carbonyl (C=O) groups is 1. The molecule has 2 aromatic heterocycles. The molecule has 1 fully saturated rings. The Balaban J connectivity index is 1.42. The third-order valence-electron chi connectivity index (χ3n) is 4.23. The molecule has 0 aliphatic carbocycles. The van der Waals surface area contributed by atoms with Gasteiger partial charge in [0.15, 0.2) is 0 Å². The van der Waals surface area contributed by atoms with E-state index in [4.69, 9.17) is 4.52 Å². The van der Waals surface area contributed by atoms with Crippen LogP contribution in [-0.2, 0) is 0 Å². The fourth-order valence-electron chi connectivity index (χ4n) is 2.87. The zero-order chi connectivity index (χ0) is 17.1. The summed E-state index contributed by atoms with van der Waals surface area (Å²) < 4.78 is 5.27. The molecule has 3 heterocycles. The number of hydrogen-bond acceptors (Lipinski definition) is 6. The first-order valence-corrected chi connectivity index (χ1v) is 8.13. The van der Waals surface area contributed by atoms with E-state index < -0.39 is 0 Å². The van der Waals surface area contributed by atoms with Crippen molar-refractivity contribution in [1.82, 2.24) is 20.0 Å². The molecular formula is C18H17N5O2. The molecule has 4 rings (SSSR count). The lowest BCUT2D eigenvalue weighted by Crippen LogP contribution is -2.49. The Morgan fingerprint density at radius 1 is 1.04 bits per heavy atom. The number of carbonyl (C=O) groups excluding carboxylic acids is 1. The predicted octanol–water partition coefficient (Wildman–Crippen LogP) is 2.09. The average Bonchev–Trinajstić information content (AvgIpc) is 3.19. The molecule has 1 aromatic carbocycles. The van der Waals surface area contributed by atoms with Gasteiger partial charge in [-0.15, -0.1) is 0 Å².